The molecule has 0 fully saturated rings. The number of hydrogen-bond donors (Lipinski definition) is 0. The van der Waals surface area contributed by atoms with Gasteiger partial charge >= 0.3 is 0 Å². The maximum Gasteiger partial charge on any atom is 0 e. The van der Waals surface area contributed by atoms with E-state index < -0.39 is 0 Å². The zero-order valence-electron chi connectivity index (χ0n) is 19.2. The summed E-state index contributed by atoms with van der Waals surface area (Å²) in [5.41, 5.74) is 13.0. The van der Waals surface area contributed by atoms with Crippen molar-refractivity contribution in [2.45, 2.75) is 107 Å². The molecule has 0 heterocycles. The second-order valence-electron chi connectivity index (χ2n) is 7.08. The molecule has 0 nitrogen and oxygen atoms in total. The van der Waals surface area contributed by atoms with Gasteiger partial charge in [0, 0.05) is 17.1 Å². The van der Waals surface area contributed by atoms with E-state index in [1.165, 1.54) is 51.4 Å². The first-order valence-corrected chi connectivity index (χ1v) is 11.1. The monoisotopic (exact) mass is 410 g/mol. The van der Waals surface area contributed by atoms with Crippen LogP contribution in [0.4, 0.5) is 0 Å². The van der Waals surface area contributed by atoms with Crippen LogP contribution in [0.1, 0.15) is 99.9 Å². The molecule has 0 aliphatic rings. The molecule has 160 valence electrons. The molecular formula is C26H42Fe-6. The van der Waals surface area contributed by atoms with Crippen LogP contribution in [-0.2, 0) is 68.4 Å². The molecular weight excluding hydrogens is 368 g/mol. The van der Waals surface area contributed by atoms with Gasteiger partial charge in [0.2, 0.25) is 0 Å². The molecule has 27 heavy (non-hydrogen) atoms. The Hall–Kier alpha value is -0.781. The van der Waals surface area contributed by atoms with Crippen molar-refractivity contribution in [1.82, 2.24) is 0 Å². The van der Waals surface area contributed by atoms with Crippen LogP contribution in [-0.4, -0.2) is 0 Å². The Kier molecular flexibility index (Phi) is 13.0. The fraction of sp³-hybridized carbons (Fsp3) is 0.615. The Labute approximate surface area is 180 Å². The smallest absolute Gasteiger partial charge is 0 e. The van der Waals surface area contributed by atoms with Crippen LogP contribution < -0.4 is 0 Å². The Morgan fingerprint density at radius 1 is 0.556 bits per heavy atom. The molecule has 0 saturated heterocycles. The quantitative estimate of drug-likeness (QED) is 0.316. The fourth-order valence-electron chi connectivity index (χ4n) is 4.77. The van der Waals surface area contributed by atoms with E-state index >= 15 is 0 Å². The van der Waals surface area contributed by atoms with Gasteiger partial charge in [-0.25, -0.2) is 38.2 Å². The summed E-state index contributed by atoms with van der Waals surface area (Å²) in [6.45, 7) is 18.2. The van der Waals surface area contributed by atoms with Crippen molar-refractivity contribution < 1.29 is 17.1 Å². The third-order valence-electron chi connectivity index (χ3n) is 5.97. The summed E-state index contributed by atoms with van der Waals surface area (Å²) in [5.74, 6) is 0. The summed E-state index contributed by atoms with van der Waals surface area (Å²) in [5, 5.41) is 0. The first-order valence-electron chi connectivity index (χ1n) is 11.1. The molecule has 0 radical (unpaired) electrons. The molecule has 0 N–H and O–H groups in total. The minimum atomic E-state index is 0. The van der Waals surface area contributed by atoms with Gasteiger partial charge in [-0.1, -0.05) is 74.7 Å². The van der Waals surface area contributed by atoms with Crippen molar-refractivity contribution in [3.05, 3.63) is 56.6 Å². The van der Waals surface area contributed by atoms with Gasteiger partial charge in [-0.15, -0.1) is 0 Å². The largest absolute Gasteiger partial charge is 0.728 e. The summed E-state index contributed by atoms with van der Waals surface area (Å²) < 4.78 is 0. The Balaban J connectivity index is 0.000000504. The zero-order chi connectivity index (χ0) is 19.7. The third-order valence-corrected chi connectivity index (χ3v) is 5.97. The number of aryl methyl sites for hydroxylation is 2. The molecule has 0 aliphatic carbocycles. The van der Waals surface area contributed by atoms with E-state index in [2.05, 4.69) is 67.5 Å². The summed E-state index contributed by atoms with van der Waals surface area (Å²) in [7, 11) is 0. The molecule has 0 spiro atoms. The van der Waals surface area contributed by atoms with Crippen molar-refractivity contribution in [3.8, 4) is 0 Å². The molecule has 0 atom stereocenters. The van der Waals surface area contributed by atoms with Crippen LogP contribution >= 0.6 is 0 Å². The molecule has 0 aliphatic heterocycles. The molecule has 2 rings (SSSR count). The van der Waals surface area contributed by atoms with Gasteiger partial charge in [0.05, 0.1) is 0 Å². The van der Waals surface area contributed by atoms with Gasteiger partial charge in [0.25, 0.3) is 0 Å². The molecule has 0 saturated carbocycles. The molecule has 0 unspecified atom stereocenters. The Morgan fingerprint density at radius 2 is 0.926 bits per heavy atom. The molecule has 0 aromatic heterocycles. The van der Waals surface area contributed by atoms with Gasteiger partial charge in [-0.05, 0) is 0 Å². The first-order chi connectivity index (χ1) is 12.6. The van der Waals surface area contributed by atoms with Crippen LogP contribution in [0.25, 0.3) is 0 Å². The van der Waals surface area contributed by atoms with E-state index in [1.807, 2.05) is 0 Å². The van der Waals surface area contributed by atoms with Gasteiger partial charge in [0.1, 0.15) is 0 Å². The molecule has 0 amide bonds. The molecule has 0 bridgehead atoms. The second kappa shape index (κ2) is 13.4. The molecule has 1 heteroatoms. The van der Waals surface area contributed by atoms with Crippen LogP contribution in [0.5, 0.6) is 0 Å². The average Bonchev–Trinajstić information content (AvgIpc) is 3.23. The van der Waals surface area contributed by atoms with Crippen molar-refractivity contribution in [1.29, 1.82) is 0 Å². The summed E-state index contributed by atoms with van der Waals surface area (Å²) in [6.07, 6.45) is 9.60. The molecule has 2 aromatic rings. The molecule has 2 aromatic carbocycles. The second-order valence-corrected chi connectivity index (χ2v) is 7.08. The third kappa shape index (κ3) is 5.85. The van der Waals surface area contributed by atoms with Crippen LogP contribution in [0, 0.1) is 0 Å². The number of hydrogen-bond acceptors (Lipinski definition) is 0. The predicted molar refractivity (Wildman–Crippen MR) is 119 cm³/mol. The van der Waals surface area contributed by atoms with E-state index in [-0.39, 0.29) is 17.1 Å². The Morgan fingerprint density at radius 3 is 1.15 bits per heavy atom. The average molecular weight is 410 g/mol. The van der Waals surface area contributed by atoms with Crippen molar-refractivity contribution in [2.75, 3.05) is 0 Å². The van der Waals surface area contributed by atoms with E-state index in [0.29, 0.717) is 0 Å². The van der Waals surface area contributed by atoms with Gasteiger partial charge < -0.3 is 27.8 Å². The summed E-state index contributed by atoms with van der Waals surface area (Å²) in [4.78, 5) is 0. The van der Waals surface area contributed by atoms with Crippen molar-refractivity contribution in [3.63, 3.8) is 0 Å². The standard InChI is InChI=1S/C15H25.C11H17.Fe/c1-6-11-12(7-2)14(9-4)15(10-5)13(11)8-3;1-4-9-7-8-10(5-2)11(9)6-3;/h6-10H2,1-5H3;7-8H,4-6H2,1-3H3;/q-5;-1;. The van der Waals surface area contributed by atoms with Gasteiger partial charge in [-0.2, -0.15) is 22.8 Å². The summed E-state index contributed by atoms with van der Waals surface area (Å²) in [6, 6.07) is 4.55. The van der Waals surface area contributed by atoms with E-state index in [4.69, 9.17) is 0 Å². The minimum absolute atomic E-state index is 0. The maximum absolute atomic E-state index is 2.30. The maximum atomic E-state index is 2.30. The topological polar surface area (TPSA) is 0 Å². The van der Waals surface area contributed by atoms with Gasteiger partial charge in [0.15, 0.2) is 0 Å². The zero-order valence-corrected chi connectivity index (χ0v) is 20.3. The fourth-order valence-corrected chi connectivity index (χ4v) is 4.77. The predicted octanol–water partition coefficient (Wildman–Crippen LogP) is 7.31. The van der Waals surface area contributed by atoms with Crippen LogP contribution in [0.15, 0.2) is 12.1 Å². The first kappa shape index (κ1) is 26.2. The number of rotatable bonds is 8. The van der Waals surface area contributed by atoms with Gasteiger partial charge in [-0.3, -0.25) is 0 Å². The Bertz CT molecular complexity index is 541. The van der Waals surface area contributed by atoms with Crippen molar-refractivity contribution >= 4 is 0 Å². The van der Waals surface area contributed by atoms with Crippen molar-refractivity contribution in [2.24, 2.45) is 0 Å². The minimum Gasteiger partial charge on any atom is -0.728 e. The summed E-state index contributed by atoms with van der Waals surface area (Å²) >= 11 is 0. The normalized spacial score (nSPS) is 10.4. The van der Waals surface area contributed by atoms with E-state index in [0.717, 1.165) is 0 Å². The SMILES string of the molecule is CC[c-]1[c-](CC)[c-](CC)[c-](CC)[c-]1CC.CCc1cc[c-](CC)c1CC.[Fe]. The van der Waals surface area contributed by atoms with Crippen LogP contribution in [0.2, 0.25) is 0 Å². The van der Waals surface area contributed by atoms with E-state index in [9.17, 15) is 0 Å². The van der Waals surface area contributed by atoms with E-state index in [1.54, 1.807) is 44.5 Å². The van der Waals surface area contributed by atoms with Crippen LogP contribution in [0.3, 0.4) is 0 Å².